The highest BCUT2D eigenvalue weighted by Crippen LogP contribution is 2.41. The summed E-state index contributed by atoms with van der Waals surface area (Å²) < 4.78 is 16.9. The fraction of sp³-hybridized carbons (Fsp3) is 0.136. The number of nitrogens with zero attached hydrogens (tertiary/aromatic N) is 2. The van der Waals surface area contributed by atoms with Crippen molar-refractivity contribution >= 4 is 27.5 Å². The average molecular weight is 421 g/mol. The minimum atomic E-state index is -0.490. The van der Waals surface area contributed by atoms with Crippen molar-refractivity contribution in [1.29, 1.82) is 0 Å². The molecule has 4 rings (SSSR count). The monoisotopic (exact) mass is 421 g/mol. The van der Waals surface area contributed by atoms with E-state index >= 15 is 0 Å². The molecule has 152 valence electrons. The van der Waals surface area contributed by atoms with Gasteiger partial charge >= 0.3 is 0 Å². The topological polar surface area (TPSA) is 96.6 Å². The molecule has 0 aliphatic heterocycles. The second kappa shape index (κ2) is 8.00. The largest absolute Gasteiger partial charge is 0.493 e. The number of benzene rings is 2. The second-order valence-corrected chi connectivity index (χ2v) is 7.32. The number of nitrogens with two attached hydrogens (primary N) is 1. The highest BCUT2D eigenvalue weighted by molar-refractivity contribution is 7.17. The van der Waals surface area contributed by atoms with E-state index in [-0.39, 0.29) is 0 Å². The molecular weight excluding hydrogens is 402 g/mol. The summed E-state index contributed by atoms with van der Waals surface area (Å²) in [4.78, 5) is 21.2. The summed E-state index contributed by atoms with van der Waals surface area (Å²) in [7, 11) is 3.20. The number of rotatable bonds is 6. The summed E-state index contributed by atoms with van der Waals surface area (Å²) in [6, 6.07) is 12.3. The lowest BCUT2D eigenvalue weighted by Crippen LogP contribution is -2.10. The minimum absolute atomic E-state index is 0.410. The number of aryl methyl sites for hydroxylation is 1. The molecule has 0 atom stereocenters. The minimum Gasteiger partial charge on any atom is -0.493 e. The number of amides is 1. The van der Waals surface area contributed by atoms with E-state index in [4.69, 9.17) is 19.9 Å². The molecule has 0 radical (unpaired) electrons. The molecule has 0 aliphatic rings. The molecule has 0 saturated carbocycles. The van der Waals surface area contributed by atoms with Gasteiger partial charge in [0.1, 0.15) is 16.4 Å². The molecule has 8 heteroatoms. The Labute approximate surface area is 177 Å². The predicted octanol–water partition coefficient (Wildman–Crippen LogP) is 4.58. The fourth-order valence-electron chi connectivity index (χ4n) is 3.10. The number of fused-ring (bicyclic) bond motifs is 1. The maximum absolute atomic E-state index is 11.3. The van der Waals surface area contributed by atoms with Gasteiger partial charge in [0, 0.05) is 16.5 Å². The van der Waals surface area contributed by atoms with E-state index in [1.807, 2.05) is 30.5 Å². The Hall–Kier alpha value is -3.65. The van der Waals surface area contributed by atoms with Crippen LogP contribution in [0.15, 0.2) is 47.8 Å². The zero-order valence-electron chi connectivity index (χ0n) is 16.6. The van der Waals surface area contributed by atoms with Crippen LogP contribution >= 0.6 is 11.3 Å². The summed E-state index contributed by atoms with van der Waals surface area (Å²) in [5, 5.41) is 2.82. The number of hydrogen-bond donors (Lipinski definition) is 1. The van der Waals surface area contributed by atoms with Crippen molar-refractivity contribution in [3.05, 3.63) is 59.2 Å². The number of thiophene rings is 1. The third kappa shape index (κ3) is 3.65. The van der Waals surface area contributed by atoms with E-state index in [1.54, 1.807) is 38.5 Å². The third-order valence-electron chi connectivity index (χ3n) is 4.56. The van der Waals surface area contributed by atoms with E-state index in [1.165, 1.54) is 11.3 Å². The van der Waals surface area contributed by atoms with Crippen molar-refractivity contribution in [2.24, 2.45) is 5.73 Å². The molecule has 0 bridgehead atoms. The van der Waals surface area contributed by atoms with E-state index in [2.05, 4.69) is 9.97 Å². The van der Waals surface area contributed by atoms with E-state index in [0.717, 1.165) is 21.3 Å². The molecule has 2 aromatic heterocycles. The molecule has 0 fully saturated rings. The molecule has 1 amide bonds. The number of aromatic nitrogens is 2. The van der Waals surface area contributed by atoms with Crippen LogP contribution in [-0.2, 0) is 0 Å². The van der Waals surface area contributed by atoms with Gasteiger partial charge in [-0.3, -0.25) is 4.79 Å². The summed E-state index contributed by atoms with van der Waals surface area (Å²) in [6.45, 7) is 1.82. The van der Waals surface area contributed by atoms with Gasteiger partial charge in [0.25, 0.3) is 0 Å². The average Bonchev–Trinajstić information content (AvgIpc) is 3.17. The van der Waals surface area contributed by atoms with Crippen LogP contribution in [-0.4, -0.2) is 30.1 Å². The SMILES string of the molecule is COc1ccc(-c2csc3nc(C)nc(Oc4ccc(C(N)=O)cc4)c23)cc1OC. The van der Waals surface area contributed by atoms with Gasteiger partial charge in [-0.15, -0.1) is 11.3 Å². The lowest BCUT2D eigenvalue weighted by Gasteiger charge is -2.11. The van der Waals surface area contributed by atoms with Crippen molar-refractivity contribution in [3.8, 4) is 34.3 Å². The van der Waals surface area contributed by atoms with Crippen LogP contribution in [0.2, 0.25) is 0 Å². The van der Waals surface area contributed by atoms with Crippen molar-refractivity contribution in [2.75, 3.05) is 14.2 Å². The van der Waals surface area contributed by atoms with Crippen molar-refractivity contribution in [1.82, 2.24) is 9.97 Å². The first-order chi connectivity index (χ1) is 14.5. The van der Waals surface area contributed by atoms with E-state index < -0.39 is 5.91 Å². The van der Waals surface area contributed by atoms with Crippen molar-refractivity contribution in [2.45, 2.75) is 6.92 Å². The van der Waals surface area contributed by atoms with Crippen LogP contribution in [0.1, 0.15) is 16.2 Å². The zero-order valence-corrected chi connectivity index (χ0v) is 17.4. The van der Waals surface area contributed by atoms with E-state index in [0.29, 0.717) is 34.5 Å². The Morgan fingerprint density at radius 1 is 1.00 bits per heavy atom. The molecule has 0 spiro atoms. The maximum atomic E-state index is 11.3. The molecule has 2 heterocycles. The molecule has 30 heavy (non-hydrogen) atoms. The third-order valence-corrected chi connectivity index (χ3v) is 5.43. The standard InChI is InChI=1S/C22H19N3O4S/c1-12-24-21(29-15-7-4-13(5-8-15)20(23)26)19-16(11-30-22(19)25-12)14-6-9-17(27-2)18(10-14)28-3/h4-11H,1-3H3,(H2,23,26). The summed E-state index contributed by atoms with van der Waals surface area (Å²) in [5.41, 5.74) is 7.58. The van der Waals surface area contributed by atoms with Gasteiger partial charge in [-0.25, -0.2) is 4.98 Å². The number of primary amides is 1. The Kier molecular flexibility index (Phi) is 5.24. The van der Waals surface area contributed by atoms with Crippen LogP contribution in [0, 0.1) is 6.92 Å². The summed E-state index contributed by atoms with van der Waals surface area (Å²) >= 11 is 1.51. The van der Waals surface area contributed by atoms with Crippen LogP contribution in [0.4, 0.5) is 0 Å². The lowest BCUT2D eigenvalue weighted by molar-refractivity contribution is 0.100. The maximum Gasteiger partial charge on any atom is 0.248 e. The summed E-state index contributed by atoms with van der Waals surface area (Å²) in [5.74, 6) is 2.38. The molecule has 4 aromatic rings. The van der Waals surface area contributed by atoms with Gasteiger partial charge in [0.2, 0.25) is 11.8 Å². The van der Waals surface area contributed by atoms with Crippen LogP contribution in [0.5, 0.6) is 23.1 Å². The van der Waals surface area contributed by atoms with Gasteiger partial charge < -0.3 is 19.9 Å². The lowest BCUT2D eigenvalue weighted by atomic mass is 10.1. The van der Waals surface area contributed by atoms with Crippen LogP contribution in [0.25, 0.3) is 21.3 Å². The van der Waals surface area contributed by atoms with Gasteiger partial charge in [0.15, 0.2) is 11.5 Å². The van der Waals surface area contributed by atoms with Gasteiger partial charge in [-0.05, 0) is 48.9 Å². The normalized spacial score (nSPS) is 10.8. The molecule has 2 aromatic carbocycles. The quantitative estimate of drug-likeness (QED) is 0.490. The number of hydrogen-bond acceptors (Lipinski definition) is 7. The Morgan fingerprint density at radius 2 is 1.73 bits per heavy atom. The zero-order chi connectivity index (χ0) is 21.3. The molecule has 0 aliphatic carbocycles. The first-order valence-corrected chi connectivity index (χ1v) is 9.94. The smallest absolute Gasteiger partial charge is 0.248 e. The molecule has 7 nitrogen and oxygen atoms in total. The number of methoxy groups -OCH3 is 2. The molecule has 2 N–H and O–H groups in total. The highest BCUT2D eigenvalue weighted by atomic mass is 32.1. The first-order valence-electron chi connectivity index (χ1n) is 9.06. The first kappa shape index (κ1) is 19.7. The van der Waals surface area contributed by atoms with E-state index in [9.17, 15) is 4.79 Å². The highest BCUT2D eigenvalue weighted by Gasteiger charge is 2.18. The van der Waals surface area contributed by atoms with Gasteiger partial charge in [-0.1, -0.05) is 6.07 Å². The Balaban J connectivity index is 1.81. The number of carbonyl (C=O) groups excluding carboxylic acids is 1. The molecule has 0 unspecified atom stereocenters. The van der Waals surface area contributed by atoms with Crippen LogP contribution < -0.4 is 19.9 Å². The summed E-state index contributed by atoms with van der Waals surface area (Å²) in [6.07, 6.45) is 0. The fourth-order valence-corrected chi connectivity index (χ4v) is 4.08. The van der Waals surface area contributed by atoms with Crippen molar-refractivity contribution < 1.29 is 19.0 Å². The van der Waals surface area contributed by atoms with Gasteiger partial charge in [-0.2, -0.15) is 4.98 Å². The van der Waals surface area contributed by atoms with Crippen LogP contribution in [0.3, 0.4) is 0 Å². The predicted molar refractivity (Wildman–Crippen MR) is 116 cm³/mol. The molecular formula is C22H19N3O4S. The Morgan fingerprint density at radius 3 is 2.40 bits per heavy atom. The van der Waals surface area contributed by atoms with Crippen molar-refractivity contribution in [3.63, 3.8) is 0 Å². The Bertz CT molecular complexity index is 1240. The van der Waals surface area contributed by atoms with Gasteiger partial charge in [0.05, 0.1) is 19.6 Å². The second-order valence-electron chi connectivity index (χ2n) is 6.47. The number of carbonyl (C=O) groups is 1. The molecule has 0 saturated heterocycles. The number of ether oxygens (including phenoxy) is 3.